The first-order valence-electron chi connectivity index (χ1n) is 11.2. The lowest BCUT2D eigenvalue weighted by molar-refractivity contribution is -0.384. The number of non-ortho nitro benzene ring substituents is 1. The Morgan fingerprint density at radius 3 is 2.31 bits per heavy atom. The van der Waals surface area contributed by atoms with Crippen molar-refractivity contribution in [2.45, 2.75) is 13.3 Å². The molecule has 0 aliphatic carbocycles. The lowest BCUT2D eigenvalue weighted by Gasteiger charge is -2.08. The first-order valence-corrected chi connectivity index (χ1v) is 11.2. The summed E-state index contributed by atoms with van der Waals surface area (Å²) in [6, 6.07) is 21.9. The van der Waals surface area contributed by atoms with Gasteiger partial charge in [-0.15, -0.1) is 0 Å². The van der Waals surface area contributed by atoms with Crippen molar-refractivity contribution in [1.82, 2.24) is 20.6 Å². The van der Waals surface area contributed by atoms with E-state index in [1.54, 1.807) is 47.3 Å². The minimum atomic E-state index is -0.478. The fraction of sp³-hybridized carbons (Fsp3) is 0.115. The Kier molecular flexibility index (Phi) is 7.35. The quantitative estimate of drug-likeness (QED) is 0.288. The van der Waals surface area contributed by atoms with Gasteiger partial charge in [0.2, 0.25) is 5.91 Å². The van der Waals surface area contributed by atoms with Gasteiger partial charge in [0, 0.05) is 35.0 Å². The molecule has 0 fully saturated rings. The molecule has 0 unspecified atom stereocenters. The van der Waals surface area contributed by atoms with Crippen LogP contribution in [0, 0.1) is 10.1 Å². The van der Waals surface area contributed by atoms with E-state index in [1.165, 1.54) is 12.1 Å². The molecule has 0 aliphatic rings. The summed E-state index contributed by atoms with van der Waals surface area (Å²) >= 11 is 0. The molecule has 1 aromatic heterocycles. The third-order valence-corrected chi connectivity index (χ3v) is 5.26. The van der Waals surface area contributed by atoms with Gasteiger partial charge in [0.05, 0.1) is 29.3 Å². The van der Waals surface area contributed by atoms with E-state index in [1.807, 2.05) is 37.3 Å². The Balaban J connectivity index is 1.50. The van der Waals surface area contributed by atoms with Crippen LogP contribution in [0.1, 0.15) is 22.8 Å². The average Bonchev–Trinajstić information content (AvgIpc) is 3.32. The second-order valence-electron chi connectivity index (χ2n) is 7.72. The second kappa shape index (κ2) is 11.0. The van der Waals surface area contributed by atoms with Crippen LogP contribution < -0.4 is 15.6 Å². The predicted octanol–water partition coefficient (Wildman–Crippen LogP) is 3.85. The van der Waals surface area contributed by atoms with Crippen molar-refractivity contribution < 1.29 is 19.2 Å². The van der Waals surface area contributed by atoms with Gasteiger partial charge in [-0.05, 0) is 55.5 Å². The lowest BCUT2D eigenvalue weighted by Crippen LogP contribution is -2.42. The Labute approximate surface area is 206 Å². The maximum Gasteiger partial charge on any atom is 0.269 e. The van der Waals surface area contributed by atoms with Crippen LogP contribution in [0.5, 0.6) is 5.75 Å². The van der Waals surface area contributed by atoms with Crippen LogP contribution >= 0.6 is 0 Å². The van der Waals surface area contributed by atoms with E-state index in [9.17, 15) is 19.7 Å². The third kappa shape index (κ3) is 5.73. The highest BCUT2D eigenvalue weighted by atomic mass is 16.6. The molecule has 3 aromatic carbocycles. The molecule has 1 heterocycles. The molecule has 10 nitrogen and oxygen atoms in total. The minimum Gasteiger partial charge on any atom is -0.494 e. The largest absolute Gasteiger partial charge is 0.494 e. The normalized spacial score (nSPS) is 10.5. The number of hydrazine groups is 1. The Morgan fingerprint density at radius 2 is 1.67 bits per heavy atom. The summed E-state index contributed by atoms with van der Waals surface area (Å²) in [4.78, 5) is 35.6. The molecular weight excluding hydrogens is 462 g/mol. The zero-order valence-corrected chi connectivity index (χ0v) is 19.4. The number of para-hydroxylation sites is 1. The van der Waals surface area contributed by atoms with Crippen LogP contribution in [-0.4, -0.2) is 33.1 Å². The number of benzene rings is 3. The van der Waals surface area contributed by atoms with E-state index < -0.39 is 16.7 Å². The van der Waals surface area contributed by atoms with Gasteiger partial charge in [0.25, 0.3) is 11.6 Å². The number of nitro benzene ring substituents is 1. The van der Waals surface area contributed by atoms with E-state index in [4.69, 9.17) is 4.74 Å². The summed E-state index contributed by atoms with van der Waals surface area (Å²) in [6.45, 7) is 2.39. The zero-order chi connectivity index (χ0) is 25.5. The highest BCUT2D eigenvalue weighted by molar-refractivity contribution is 5.95. The number of nitrogens with zero attached hydrogens (tertiary/aromatic N) is 3. The molecule has 2 N–H and O–H groups in total. The molecule has 182 valence electrons. The monoisotopic (exact) mass is 485 g/mol. The summed E-state index contributed by atoms with van der Waals surface area (Å²) in [7, 11) is 0. The van der Waals surface area contributed by atoms with Gasteiger partial charge in [-0.2, -0.15) is 5.10 Å². The van der Waals surface area contributed by atoms with E-state index in [0.29, 0.717) is 34.7 Å². The summed E-state index contributed by atoms with van der Waals surface area (Å²) in [5.41, 5.74) is 7.65. The fourth-order valence-corrected chi connectivity index (χ4v) is 3.52. The van der Waals surface area contributed by atoms with Crippen molar-refractivity contribution >= 4 is 17.5 Å². The minimum absolute atomic E-state index is 0.0439. The molecular formula is C26H23N5O5. The number of carbonyl (C=O) groups is 2. The molecule has 0 radical (unpaired) electrons. The van der Waals surface area contributed by atoms with Gasteiger partial charge in [-0.25, -0.2) is 4.68 Å². The van der Waals surface area contributed by atoms with Gasteiger partial charge >= 0.3 is 0 Å². The maximum absolute atomic E-state index is 12.7. The van der Waals surface area contributed by atoms with Crippen LogP contribution in [0.3, 0.4) is 0 Å². The van der Waals surface area contributed by atoms with Crippen LogP contribution in [-0.2, 0) is 11.2 Å². The summed E-state index contributed by atoms with van der Waals surface area (Å²) < 4.78 is 7.00. The Bertz CT molecular complexity index is 1370. The van der Waals surface area contributed by atoms with Crippen LogP contribution in [0.25, 0.3) is 16.9 Å². The van der Waals surface area contributed by atoms with Gasteiger partial charge < -0.3 is 4.74 Å². The smallest absolute Gasteiger partial charge is 0.269 e. The van der Waals surface area contributed by atoms with Gasteiger partial charge in [-0.3, -0.25) is 30.6 Å². The molecule has 10 heteroatoms. The fourth-order valence-electron chi connectivity index (χ4n) is 3.52. The number of rotatable bonds is 8. The number of aromatic nitrogens is 2. The SMILES string of the molecule is CCOc1ccc(C(=O)NNC(=O)Cc2cn(-c3ccccc3)nc2-c2ccc([N+](=O)[O-])cc2)cc1. The van der Waals surface area contributed by atoms with Crippen molar-refractivity contribution in [3.63, 3.8) is 0 Å². The molecule has 0 spiro atoms. The molecule has 4 aromatic rings. The van der Waals surface area contributed by atoms with E-state index in [2.05, 4.69) is 16.0 Å². The Hall–Kier alpha value is -4.99. The molecule has 0 atom stereocenters. The summed E-state index contributed by atoms with van der Waals surface area (Å²) in [5.74, 6) is -0.278. The molecule has 0 bridgehead atoms. The number of hydrogen-bond donors (Lipinski definition) is 2. The molecule has 4 rings (SSSR count). The predicted molar refractivity (Wildman–Crippen MR) is 133 cm³/mol. The standard InChI is InChI=1S/C26H23N5O5/c1-2-36-23-14-10-19(11-15-23)26(33)28-27-24(32)16-20-17-30(21-6-4-3-5-7-21)29-25(20)18-8-12-22(13-9-18)31(34)35/h3-15,17H,2,16H2,1H3,(H,27,32)(H,28,33). The molecule has 0 saturated carbocycles. The number of carbonyl (C=O) groups excluding carboxylic acids is 2. The van der Waals surface area contributed by atoms with Crippen molar-refractivity contribution in [3.05, 3.63) is 106 Å². The van der Waals surface area contributed by atoms with Gasteiger partial charge in [-0.1, -0.05) is 18.2 Å². The van der Waals surface area contributed by atoms with Gasteiger partial charge in [0.15, 0.2) is 0 Å². The first kappa shape index (κ1) is 24.1. The second-order valence-corrected chi connectivity index (χ2v) is 7.72. The molecule has 0 saturated heterocycles. The van der Waals surface area contributed by atoms with Crippen molar-refractivity contribution in [1.29, 1.82) is 0 Å². The number of ether oxygens (including phenoxy) is 1. The van der Waals surface area contributed by atoms with Crippen LogP contribution in [0.15, 0.2) is 85.1 Å². The lowest BCUT2D eigenvalue weighted by atomic mass is 10.1. The van der Waals surface area contributed by atoms with Crippen LogP contribution in [0.2, 0.25) is 0 Å². The third-order valence-electron chi connectivity index (χ3n) is 5.26. The number of hydrogen-bond acceptors (Lipinski definition) is 6. The Morgan fingerprint density at radius 1 is 0.972 bits per heavy atom. The van der Waals surface area contributed by atoms with Crippen molar-refractivity contribution in [2.24, 2.45) is 0 Å². The maximum atomic E-state index is 12.7. The van der Waals surface area contributed by atoms with E-state index in [0.717, 1.165) is 5.69 Å². The molecule has 0 aliphatic heterocycles. The highest BCUT2D eigenvalue weighted by Crippen LogP contribution is 2.26. The zero-order valence-electron chi connectivity index (χ0n) is 19.4. The van der Waals surface area contributed by atoms with E-state index >= 15 is 0 Å². The molecule has 36 heavy (non-hydrogen) atoms. The summed E-state index contributed by atoms with van der Waals surface area (Å²) in [6.07, 6.45) is 1.64. The summed E-state index contributed by atoms with van der Waals surface area (Å²) in [5, 5.41) is 15.6. The first-order chi connectivity index (χ1) is 17.4. The van der Waals surface area contributed by atoms with Gasteiger partial charge in [0.1, 0.15) is 5.75 Å². The van der Waals surface area contributed by atoms with Crippen LogP contribution in [0.4, 0.5) is 5.69 Å². The van der Waals surface area contributed by atoms with E-state index in [-0.39, 0.29) is 12.1 Å². The number of nitrogens with one attached hydrogen (secondary N) is 2. The van der Waals surface area contributed by atoms with Crippen molar-refractivity contribution in [3.8, 4) is 22.7 Å². The number of amides is 2. The highest BCUT2D eigenvalue weighted by Gasteiger charge is 2.17. The number of nitro groups is 1. The molecule has 2 amide bonds. The topological polar surface area (TPSA) is 128 Å². The van der Waals surface area contributed by atoms with Crippen molar-refractivity contribution in [2.75, 3.05) is 6.61 Å². The average molecular weight is 486 g/mol.